The third-order valence-electron chi connectivity index (χ3n) is 4.91. The summed E-state index contributed by atoms with van der Waals surface area (Å²) in [5.41, 5.74) is 2.43. The van der Waals surface area contributed by atoms with Crippen LogP contribution in [0.5, 0.6) is 0 Å². The van der Waals surface area contributed by atoms with Crippen molar-refractivity contribution in [1.82, 2.24) is 9.97 Å². The van der Waals surface area contributed by atoms with E-state index in [4.69, 9.17) is 0 Å². The summed E-state index contributed by atoms with van der Waals surface area (Å²) in [6, 6.07) is 23.5. The number of nitrogens with one attached hydrogen (secondary N) is 2. The SMILES string of the molecule is O=C(CSc1nc2scc(-c3ccccc3)c2c(=O)[nH]1)Nc1cccc2ccccc12. The number of fused-ring (bicyclic) bond motifs is 2. The van der Waals surface area contributed by atoms with E-state index < -0.39 is 0 Å². The molecule has 1 amide bonds. The monoisotopic (exact) mass is 443 g/mol. The minimum absolute atomic E-state index is 0.147. The van der Waals surface area contributed by atoms with Gasteiger partial charge in [-0.1, -0.05) is 78.5 Å². The summed E-state index contributed by atoms with van der Waals surface area (Å²) in [5.74, 6) is -0.00514. The van der Waals surface area contributed by atoms with Crippen LogP contribution in [0.4, 0.5) is 5.69 Å². The first kappa shape index (κ1) is 19.5. The average molecular weight is 444 g/mol. The smallest absolute Gasteiger partial charge is 0.260 e. The zero-order valence-electron chi connectivity index (χ0n) is 16.3. The lowest BCUT2D eigenvalue weighted by atomic mass is 10.1. The van der Waals surface area contributed by atoms with Gasteiger partial charge in [0.2, 0.25) is 5.91 Å². The molecule has 0 aliphatic heterocycles. The number of aromatic amines is 1. The van der Waals surface area contributed by atoms with Gasteiger partial charge in [-0.3, -0.25) is 9.59 Å². The van der Waals surface area contributed by atoms with Gasteiger partial charge in [0.25, 0.3) is 5.56 Å². The Bertz CT molecular complexity index is 1450. The van der Waals surface area contributed by atoms with Crippen LogP contribution in [-0.4, -0.2) is 21.6 Å². The Kier molecular flexibility index (Phi) is 5.28. The molecule has 152 valence electrons. The van der Waals surface area contributed by atoms with Gasteiger partial charge in [0.05, 0.1) is 11.1 Å². The van der Waals surface area contributed by atoms with Crippen LogP contribution in [0.2, 0.25) is 0 Å². The van der Waals surface area contributed by atoms with Gasteiger partial charge in [0.1, 0.15) is 4.83 Å². The van der Waals surface area contributed by atoms with Crippen molar-refractivity contribution in [3.05, 3.63) is 88.5 Å². The van der Waals surface area contributed by atoms with Crippen molar-refractivity contribution < 1.29 is 4.79 Å². The molecule has 7 heteroatoms. The standard InChI is InChI=1S/C24H17N3O2S2/c28-20(25-19-12-6-10-15-9-4-5-11-17(15)19)14-31-24-26-22(29)21-18(13-30-23(21)27-24)16-7-2-1-3-8-16/h1-13H,14H2,(H,25,28)(H,26,27,29). The van der Waals surface area contributed by atoms with Crippen molar-refractivity contribution >= 4 is 55.7 Å². The van der Waals surface area contributed by atoms with E-state index in [1.54, 1.807) is 0 Å². The number of amides is 1. The van der Waals surface area contributed by atoms with Crippen molar-refractivity contribution in [2.75, 3.05) is 11.1 Å². The molecule has 0 spiro atoms. The van der Waals surface area contributed by atoms with E-state index in [2.05, 4.69) is 15.3 Å². The van der Waals surface area contributed by atoms with Crippen LogP contribution in [0.15, 0.2) is 88.1 Å². The molecule has 0 radical (unpaired) electrons. The fraction of sp³-hybridized carbons (Fsp3) is 0.0417. The van der Waals surface area contributed by atoms with Crippen LogP contribution >= 0.6 is 23.1 Å². The van der Waals surface area contributed by atoms with Crippen molar-refractivity contribution in [3.63, 3.8) is 0 Å². The molecule has 3 aromatic carbocycles. The minimum atomic E-state index is -0.193. The highest BCUT2D eigenvalue weighted by atomic mass is 32.2. The predicted octanol–water partition coefficient (Wildman–Crippen LogP) is 5.54. The molecule has 0 aliphatic carbocycles. The number of anilines is 1. The van der Waals surface area contributed by atoms with Crippen LogP contribution in [0.3, 0.4) is 0 Å². The number of H-pyrrole nitrogens is 1. The maximum Gasteiger partial charge on any atom is 0.260 e. The van der Waals surface area contributed by atoms with E-state index in [0.717, 1.165) is 27.6 Å². The second-order valence-electron chi connectivity index (χ2n) is 6.93. The van der Waals surface area contributed by atoms with Crippen LogP contribution in [0.1, 0.15) is 0 Å². The highest BCUT2D eigenvalue weighted by Crippen LogP contribution is 2.31. The fourth-order valence-electron chi connectivity index (χ4n) is 3.48. The highest BCUT2D eigenvalue weighted by molar-refractivity contribution is 7.99. The van der Waals surface area contributed by atoms with Crippen molar-refractivity contribution in [1.29, 1.82) is 0 Å². The summed E-state index contributed by atoms with van der Waals surface area (Å²) in [7, 11) is 0. The van der Waals surface area contributed by atoms with Gasteiger partial charge in [-0.05, 0) is 17.0 Å². The molecule has 0 saturated heterocycles. The van der Waals surface area contributed by atoms with Gasteiger partial charge in [0, 0.05) is 22.0 Å². The molecule has 0 fully saturated rings. The van der Waals surface area contributed by atoms with Gasteiger partial charge in [-0.2, -0.15) is 0 Å². The molecular formula is C24H17N3O2S2. The van der Waals surface area contributed by atoms with E-state index >= 15 is 0 Å². The lowest BCUT2D eigenvalue weighted by Gasteiger charge is -2.08. The highest BCUT2D eigenvalue weighted by Gasteiger charge is 2.14. The fourth-order valence-corrected chi connectivity index (χ4v) is 5.15. The van der Waals surface area contributed by atoms with Crippen LogP contribution in [-0.2, 0) is 4.79 Å². The molecule has 5 aromatic rings. The Balaban J connectivity index is 1.34. The summed E-state index contributed by atoms with van der Waals surface area (Å²) in [4.78, 5) is 33.3. The molecule has 0 atom stereocenters. The number of aromatic nitrogens is 2. The van der Waals surface area contributed by atoms with E-state index in [9.17, 15) is 9.59 Å². The number of hydrogen-bond acceptors (Lipinski definition) is 5. The number of benzene rings is 3. The maximum absolute atomic E-state index is 12.7. The summed E-state index contributed by atoms with van der Waals surface area (Å²) in [6.07, 6.45) is 0. The van der Waals surface area contributed by atoms with E-state index in [1.165, 1.54) is 23.1 Å². The molecule has 2 heterocycles. The molecule has 2 N–H and O–H groups in total. The van der Waals surface area contributed by atoms with E-state index in [-0.39, 0.29) is 17.2 Å². The number of carbonyl (C=O) groups is 1. The van der Waals surface area contributed by atoms with Gasteiger partial charge < -0.3 is 10.3 Å². The van der Waals surface area contributed by atoms with Crippen molar-refractivity contribution in [2.24, 2.45) is 0 Å². The number of carbonyl (C=O) groups excluding carboxylic acids is 1. The van der Waals surface area contributed by atoms with Gasteiger partial charge >= 0.3 is 0 Å². The average Bonchev–Trinajstić information content (AvgIpc) is 3.23. The summed E-state index contributed by atoms with van der Waals surface area (Å²) in [6.45, 7) is 0. The Morgan fingerprint density at radius 2 is 1.77 bits per heavy atom. The molecular weight excluding hydrogens is 426 g/mol. The number of rotatable bonds is 5. The molecule has 5 nitrogen and oxygen atoms in total. The molecule has 2 aromatic heterocycles. The van der Waals surface area contributed by atoms with Crippen LogP contribution in [0, 0.1) is 0 Å². The third-order valence-corrected chi connectivity index (χ3v) is 6.66. The molecule has 0 aliphatic rings. The Hall–Kier alpha value is -3.42. The molecule has 0 bridgehead atoms. The predicted molar refractivity (Wildman–Crippen MR) is 129 cm³/mol. The summed E-state index contributed by atoms with van der Waals surface area (Å²) < 4.78 is 0. The van der Waals surface area contributed by atoms with Gasteiger partial charge in [0.15, 0.2) is 5.16 Å². The van der Waals surface area contributed by atoms with E-state index in [1.807, 2.05) is 78.2 Å². The Labute approximate surface area is 186 Å². The Morgan fingerprint density at radius 1 is 1.00 bits per heavy atom. The Morgan fingerprint density at radius 3 is 2.65 bits per heavy atom. The zero-order chi connectivity index (χ0) is 21.2. The second-order valence-corrected chi connectivity index (χ2v) is 8.75. The number of hydrogen-bond donors (Lipinski definition) is 2. The number of nitrogens with zero attached hydrogens (tertiary/aromatic N) is 1. The maximum atomic E-state index is 12.7. The first-order valence-corrected chi connectivity index (χ1v) is 11.5. The number of thiophene rings is 1. The second kappa shape index (κ2) is 8.37. The zero-order valence-corrected chi connectivity index (χ0v) is 17.9. The molecule has 31 heavy (non-hydrogen) atoms. The lowest BCUT2D eigenvalue weighted by Crippen LogP contribution is -2.15. The largest absolute Gasteiger partial charge is 0.325 e. The first-order chi connectivity index (χ1) is 15.2. The summed E-state index contributed by atoms with van der Waals surface area (Å²) in [5, 5.41) is 7.98. The first-order valence-electron chi connectivity index (χ1n) is 9.66. The quantitative estimate of drug-likeness (QED) is 0.276. The molecule has 0 saturated carbocycles. The van der Waals surface area contributed by atoms with Gasteiger partial charge in [-0.25, -0.2) is 4.98 Å². The third kappa shape index (κ3) is 3.97. The summed E-state index contributed by atoms with van der Waals surface area (Å²) >= 11 is 2.65. The van der Waals surface area contributed by atoms with Crippen LogP contribution < -0.4 is 10.9 Å². The van der Waals surface area contributed by atoms with Crippen molar-refractivity contribution in [3.8, 4) is 11.1 Å². The number of thioether (sulfide) groups is 1. The van der Waals surface area contributed by atoms with Crippen molar-refractivity contribution in [2.45, 2.75) is 5.16 Å². The van der Waals surface area contributed by atoms with Crippen LogP contribution in [0.25, 0.3) is 32.1 Å². The minimum Gasteiger partial charge on any atom is -0.325 e. The van der Waals surface area contributed by atoms with E-state index in [0.29, 0.717) is 15.4 Å². The molecule has 0 unspecified atom stereocenters. The topological polar surface area (TPSA) is 74.8 Å². The van der Waals surface area contributed by atoms with Gasteiger partial charge in [-0.15, -0.1) is 11.3 Å². The normalized spacial score (nSPS) is 11.1. The molecule has 5 rings (SSSR count). The lowest BCUT2D eigenvalue weighted by molar-refractivity contribution is -0.113.